The fourth-order valence-corrected chi connectivity index (χ4v) is 3.24. The van der Waals surface area contributed by atoms with Gasteiger partial charge in [0.2, 0.25) is 12.2 Å². The zero-order valence-corrected chi connectivity index (χ0v) is 16.7. The van der Waals surface area contributed by atoms with Crippen LogP contribution in [0.25, 0.3) is 22.6 Å². The van der Waals surface area contributed by atoms with Gasteiger partial charge in [-0.15, -0.1) is 0 Å². The first-order chi connectivity index (χ1) is 14.5. The molecule has 1 amide bonds. The van der Waals surface area contributed by atoms with Gasteiger partial charge in [0.15, 0.2) is 0 Å². The summed E-state index contributed by atoms with van der Waals surface area (Å²) in [5.41, 5.74) is 6.54. The highest BCUT2D eigenvalue weighted by Gasteiger charge is 2.16. The molecule has 0 aliphatic heterocycles. The number of hydrogen-bond acceptors (Lipinski definition) is 5. The molecule has 0 aliphatic carbocycles. The van der Waals surface area contributed by atoms with Gasteiger partial charge in [0.1, 0.15) is 0 Å². The number of rotatable bonds is 6. The van der Waals surface area contributed by atoms with Gasteiger partial charge < -0.3 is 14.9 Å². The van der Waals surface area contributed by atoms with E-state index in [1.54, 1.807) is 0 Å². The van der Waals surface area contributed by atoms with Gasteiger partial charge in [0, 0.05) is 23.4 Å². The molecule has 4 rings (SSSR count). The van der Waals surface area contributed by atoms with E-state index < -0.39 is 6.09 Å². The average Bonchev–Trinajstić information content (AvgIpc) is 3.38. The fraction of sp³-hybridized carbons (Fsp3) is 0.182. The number of carbonyl (C=O) groups is 1. The summed E-state index contributed by atoms with van der Waals surface area (Å²) in [6.45, 7) is 4.92. The zero-order valence-electron chi connectivity index (χ0n) is 16.7. The molecule has 2 heterocycles. The molecule has 0 fully saturated rings. The maximum Gasteiger partial charge on any atom is 0.404 e. The number of hydrogen-bond donors (Lipinski definition) is 2. The first kappa shape index (κ1) is 19.4. The van der Waals surface area contributed by atoms with E-state index in [0.29, 0.717) is 12.4 Å². The Kier molecular flexibility index (Phi) is 5.30. The lowest BCUT2D eigenvalue weighted by atomic mass is 10.0. The quantitative estimate of drug-likeness (QED) is 0.503. The highest BCUT2D eigenvalue weighted by molar-refractivity contribution is 5.79. The van der Waals surface area contributed by atoms with E-state index in [1.165, 1.54) is 12.0 Å². The molecule has 0 saturated carbocycles. The fourth-order valence-electron chi connectivity index (χ4n) is 3.24. The van der Waals surface area contributed by atoms with Crippen LogP contribution >= 0.6 is 0 Å². The number of amides is 1. The number of nitrogens with one attached hydrogen (secondary N) is 1. The zero-order chi connectivity index (χ0) is 21.1. The predicted molar refractivity (Wildman–Crippen MR) is 111 cm³/mol. The van der Waals surface area contributed by atoms with Crippen LogP contribution in [0.2, 0.25) is 0 Å². The van der Waals surface area contributed by atoms with E-state index in [4.69, 9.17) is 14.7 Å². The van der Waals surface area contributed by atoms with Crippen LogP contribution < -0.4 is 5.32 Å². The Labute approximate surface area is 173 Å². The molecule has 30 heavy (non-hydrogen) atoms. The molecule has 0 aliphatic rings. The lowest BCUT2D eigenvalue weighted by Crippen LogP contribution is -2.19. The summed E-state index contributed by atoms with van der Waals surface area (Å²) in [7, 11) is 0. The van der Waals surface area contributed by atoms with Crippen molar-refractivity contribution in [1.82, 2.24) is 25.2 Å². The minimum atomic E-state index is -1.07. The molecule has 152 valence electrons. The van der Waals surface area contributed by atoms with Crippen molar-refractivity contribution in [3.8, 4) is 22.6 Å². The molecule has 0 bridgehead atoms. The van der Waals surface area contributed by atoms with Crippen LogP contribution in [0, 0.1) is 13.8 Å². The molecule has 0 radical (unpaired) electrons. The summed E-state index contributed by atoms with van der Waals surface area (Å²) in [6.07, 6.45) is 0.206. The molecule has 0 saturated heterocycles. The third kappa shape index (κ3) is 4.22. The van der Waals surface area contributed by atoms with E-state index in [0.717, 1.165) is 33.6 Å². The highest BCUT2D eigenvalue weighted by atomic mass is 16.5. The number of aromatic nitrogens is 4. The summed E-state index contributed by atoms with van der Waals surface area (Å²) < 4.78 is 6.86. The first-order valence-electron chi connectivity index (χ1n) is 9.46. The van der Waals surface area contributed by atoms with E-state index in [1.807, 2.05) is 35.9 Å². The van der Waals surface area contributed by atoms with Crippen LogP contribution in [0.5, 0.6) is 0 Å². The number of benzene rings is 2. The molecule has 2 aromatic carbocycles. The third-order valence-electron chi connectivity index (χ3n) is 4.84. The molecule has 8 nitrogen and oxygen atoms in total. The monoisotopic (exact) mass is 403 g/mol. The van der Waals surface area contributed by atoms with Crippen molar-refractivity contribution in [2.75, 3.05) is 0 Å². The summed E-state index contributed by atoms with van der Waals surface area (Å²) in [5, 5.41) is 20.0. The van der Waals surface area contributed by atoms with Crippen molar-refractivity contribution in [2.45, 2.75) is 26.9 Å². The molecule has 0 atom stereocenters. The Hall–Kier alpha value is -3.94. The van der Waals surface area contributed by atoms with Crippen LogP contribution in [-0.2, 0) is 13.1 Å². The van der Waals surface area contributed by atoms with Crippen LogP contribution in [0.3, 0.4) is 0 Å². The van der Waals surface area contributed by atoms with Crippen molar-refractivity contribution in [3.63, 3.8) is 0 Å². The van der Waals surface area contributed by atoms with Crippen LogP contribution in [0.1, 0.15) is 22.4 Å². The van der Waals surface area contributed by atoms with E-state index in [9.17, 15) is 4.79 Å². The minimum absolute atomic E-state index is 0.192. The van der Waals surface area contributed by atoms with Gasteiger partial charge in [-0.1, -0.05) is 47.1 Å². The smallest absolute Gasteiger partial charge is 0.404 e. The highest BCUT2D eigenvalue weighted by Crippen LogP contribution is 2.31. The molecule has 8 heteroatoms. The number of aryl methyl sites for hydroxylation is 2. The van der Waals surface area contributed by atoms with Crippen molar-refractivity contribution in [3.05, 3.63) is 77.3 Å². The topological polar surface area (TPSA) is 106 Å². The maximum absolute atomic E-state index is 10.9. The van der Waals surface area contributed by atoms with Crippen molar-refractivity contribution >= 4 is 6.09 Å². The number of carboxylic acid groups (broad SMARTS) is 1. The van der Waals surface area contributed by atoms with Gasteiger partial charge in [-0.2, -0.15) is 10.1 Å². The second-order valence-corrected chi connectivity index (χ2v) is 7.11. The molecular formula is C22H21N5O3. The molecule has 0 unspecified atom stereocenters. The predicted octanol–water partition coefficient (Wildman–Crippen LogP) is 4.03. The summed E-state index contributed by atoms with van der Waals surface area (Å²) in [6, 6.07) is 16.0. The Morgan fingerprint density at radius 3 is 2.53 bits per heavy atom. The Bertz CT molecular complexity index is 1160. The SMILES string of the molecule is Cc1ccc(Cn2nc(-c3cc(CNC(=O)O)ccc3-c3ncon3)cc2C)cc1. The van der Waals surface area contributed by atoms with Gasteiger partial charge in [-0.3, -0.25) is 4.68 Å². The van der Waals surface area contributed by atoms with Gasteiger partial charge >= 0.3 is 6.09 Å². The first-order valence-corrected chi connectivity index (χ1v) is 9.46. The van der Waals surface area contributed by atoms with Crippen LogP contribution in [-0.4, -0.2) is 31.1 Å². The Balaban J connectivity index is 1.71. The molecule has 0 spiro atoms. The lowest BCUT2D eigenvalue weighted by Gasteiger charge is -2.08. The van der Waals surface area contributed by atoms with Crippen molar-refractivity contribution in [1.29, 1.82) is 0 Å². The largest absolute Gasteiger partial charge is 0.465 e. The molecule has 4 aromatic rings. The van der Waals surface area contributed by atoms with Crippen molar-refractivity contribution < 1.29 is 14.4 Å². The summed E-state index contributed by atoms with van der Waals surface area (Å²) in [5.74, 6) is 0.452. The maximum atomic E-state index is 10.9. The number of nitrogens with zero attached hydrogens (tertiary/aromatic N) is 4. The van der Waals surface area contributed by atoms with E-state index >= 15 is 0 Å². The Morgan fingerprint density at radius 2 is 1.83 bits per heavy atom. The lowest BCUT2D eigenvalue weighted by molar-refractivity contribution is 0.194. The van der Waals surface area contributed by atoms with Gasteiger partial charge in [-0.25, -0.2) is 4.79 Å². The summed E-state index contributed by atoms with van der Waals surface area (Å²) >= 11 is 0. The minimum Gasteiger partial charge on any atom is -0.465 e. The summed E-state index contributed by atoms with van der Waals surface area (Å²) in [4.78, 5) is 15.0. The van der Waals surface area contributed by atoms with Gasteiger partial charge in [0.25, 0.3) is 0 Å². The van der Waals surface area contributed by atoms with Crippen LogP contribution in [0.15, 0.2) is 59.4 Å². The normalized spacial score (nSPS) is 10.9. The average molecular weight is 403 g/mol. The van der Waals surface area contributed by atoms with E-state index in [2.05, 4.69) is 46.6 Å². The second-order valence-electron chi connectivity index (χ2n) is 7.11. The van der Waals surface area contributed by atoms with Gasteiger partial charge in [-0.05, 0) is 37.1 Å². The third-order valence-corrected chi connectivity index (χ3v) is 4.84. The second kappa shape index (κ2) is 8.20. The molecule has 2 aromatic heterocycles. The Morgan fingerprint density at radius 1 is 1.07 bits per heavy atom. The van der Waals surface area contributed by atoms with Crippen LogP contribution in [0.4, 0.5) is 4.79 Å². The van der Waals surface area contributed by atoms with Gasteiger partial charge in [0.05, 0.1) is 12.2 Å². The molecular weight excluding hydrogens is 382 g/mol. The van der Waals surface area contributed by atoms with E-state index in [-0.39, 0.29) is 6.54 Å². The van der Waals surface area contributed by atoms with Crippen molar-refractivity contribution in [2.24, 2.45) is 0 Å². The standard InChI is InChI=1S/C22H21N5O3/c1-14-3-5-16(6-4-14)12-27-15(2)9-20(25-27)19-10-17(11-23-22(28)29)7-8-18(19)21-24-13-30-26-21/h3-10,13,23H,11-12H2,1-2H3,(H,28,29). The molecule has 2 N–H and O–H groups in total.